The van der Waals surface area contributed by atoms with Gasteiger partial charge in [0.15, 0.2) is 0 Å². The Morgan fingerprint density at radius 2 is 2.21 bits per heavy atom. The average molecular weight is 287 g/mol. The number of carbonyl (C=O) groups is 1. The van der Waals surface area contributed by atoms with Crippen LogP contribution in [0.5, 0.6) is 0 Å². The van der Waals surface area contributed by atoms with Crippen LogP contribution in [-0.2, 0) is 6.42 Å². The van der Waals surface area contributed by atoms with Gasteiger partial charge in [0.2, 0.25) is 0 Å². The van der Waals surface area contributed by atoms with Gasteiger partial charge in [0.05, 0.1) is 0 Å². The number of aromatic amines is 1. The molecule has 0 aliphatic carbocycles. The number of halogens is 2. The second-order valence-corrected chi connectivity index (χ2v) is 4.35. The highest BCUT2D eigenvalue weighted by Crippen LogP contribution is 2.25. The van der Waals surface area contributed by atoms with Gasteiger partial charge in [-0.15, -0.1) is 12.4 Å². The lowest BCUT2D eigenvalue weighted by Crippen LogP contribution is -2.22. The van der Waals surface area contributed by atoms with Crippen LogP contribution in [-0.4, -0.2) is 22.1 Å². The molecule has 0 spiro atoms. The van der Waals surface area contributed by atoms with Crippen LogP contribution in [0.4, 0.5) is 4.39 Å². The first kappa shape index (κ1) is 15.5. The summed E-state index contributed by atoms with van der Waals surface area (Å²) in [4.78, 5) is 14.0. The first-order valence-electron chi connectivity index (χ1n) is 5.82. The molecule has 0 saturated carbocycles. The van der Waals surface area contributed by atoms with Crippen LogP contribution in [0, 0.1) is 5.82 Å². The molecule has 4 nitrogen and oxygen atoms in total. The number of carboxylic acids is 1. The second kappa shape index (κ2) is 6.04. The molecule has 0 amide bonds. The predicted molar refractivity (Wildman–Crippen MR) is 74.4 cm³/mol. The predicted octanol–water partition coefficient (Wildman–Crippen LogP) is 2.71. The number of aromatic carboxylic acids is 1. The van der Waals surface area contributed by atoms with Gasteiger partial charge in [-0.1, -0.05) is 6.92 Å². The van der Waals surface area contributed by atoms with Gasteiger partial charge < -0.3 is 15.8 Å². The zero-order valence-electron chi connectivity index (χ0n) is 10.4. The molecule has 1 atom stereocenters. The average Bonchev–Trinajstić information content (AvgIpc) is 2.67. The Kier molecular flexibility index (Phi) is 4.91. The molecule has 2 aromatic rings. The Hall–Kier alpha value is -1.59. The van der Waals surface area contributed by atoms with Crippen LogP contribution in [0.15, 0.2) is 18.2 Å². The lowest BCUT2D eigenvalue weighted by Gasteiger charge is -2.08. The van der Waals surface area contributed by atoms with Gasteiger partial charge in [0.25, 0.3) is 0 Å². The first-order chi connectivity index (χ1) is 8.52. The maximum Gasteiger partial charge on any atom is 0.352 e. The molecule has 0 saturated heterocycles. The van der Waals surface area contributed by atoms with Crippen molar-refractivity contribution in [1.29, 1.82) is 0 Å². The molecule has 0 aliphatic rings. The van der Waals surface area contributed by atoms with E-state index in [0.29, 0.717) is 22.9 Å². The zero-order valence-corrected chi connectivity index (χ0v) is 11.3. The van der Waals surface area contributed by atoms with E-state index in [1.54, 1.807) is 0 Å². The summed E-state index contributed by atoms with van der Waals surface area (Å²) >= 11 is 0. The number of nitrogens with one attached hydrogen (secondary N) is 1. The molecular formula is C13H16ClFN2O2. The van der Waals surface area contributed by atoms with E-state index in [9.17, 15) is 9.18 Å². The van der Waals surface area contributed by atoms with E-state index in [2.05, 4.69) is 4.98 Å². The minimum atomic E-state index is -1.05. The molecule has 0 aliphatic heterocycles. The number of rotatable bonds is 4. The highest BCUT2D eigenvalue weighted by atomic mass is 35.5. The number of fused-ring (bicyclic) bond motifs is 1. The number of hydrogen-bond donors (Lipinski definition) is 3. The van der Waals surface area contributed by atoms with Crippen LogP contribution < -0.4 is 5.73 Å². The fourth-order valence-corrected chi connectivity index (χ4v) is 2.02. The van der Waals surface area contributed by atoms with Crippen molar-refractivity contribution in [2.24, 2.45) is 5.73 Å². The number of nitrogens with two attached hydrogens (primary N) is 1. The SMILES string of the molecule is CCC(N)Cc1c(C(=O)O)[nH]c2ccc(F)cc12.Cl. The Morgan fingerprint density at radius 1 is 1.53 bits per heavy atom. The third-order valence-corrected chi connectivity index (χ3v) is 3.07. The Balaban J connectivity index is 0.00000180. The van der Waals surface area contributed by atoms with E-state index in [-0.39, 0.29) is 30.0 Å². The van der Waals surface area contributed by atoms with E-state index < -0.39 is 5.97 Å². The van der Waals surface area contributed by atoms with Crippen LogP contribution in [0.3, 0.4) is 0 Å². The lowest BCUT2D eigenvalue weighted by atomic mass is 10.0. The van der Waals surface area contributed by atoms with Gasteiger partial charge in [0, 0.05) is 16.9 Å². The summed E-state index contributed by atoms with van der Waals surface area (Å²) in [6.45, 7) is 1.93. The Labute approximate surface area is 116 Å². The van der Waals surface area contributed by atoms with Crippen LogP contribution in [0.25, 0.3) is 10.9 Å². The lowest BCUT2D eigenvalue weighted by molar-refractivity contribution is 0.0690. The monoisotopic (exact) mass is 286 g/mol. The van der Waals surface area contributed by atoms with E-state index in [4.69, 9.17) is 10.8 Å². The van der Waals surface area contributed by atoms with Gasteiger partial charge in [-0.3, -0.25) is 0 Å². The smallest absolute Gasteiger partial charge is 0.352 e. The minimum absolute atomic E-state index is 0. The van der Waals surface area contributed by atoms with Crippen LogP contribution >= 0.6 is 12.4 Å². The molecule has 6 heteroatoms. The number of benzene rings is 1. The molecule has 1 heterocycles. The summed E-state index contributed by atoms with van der Waals surface area (Å²) in [5.41, 5.74) is 7.15. The summed E-state index contributed by atoms with van der Waals surface area (Å²) in [6, 6.07) is 4.05. The van der Waals surface area contributed by atoms with Crippen LogP contribution in [0.2, 0.25) is 0 Å². The van der Waals surface area contributed by atoms with Crippen molar-refractivity contribution in [2.75, 3.05) is 0 Å². The summed E-state index contributed by atoms with van der Waals surface area (Å²) in [6.07, 6.45) is 1.16. The number of H-pyrrole nitrogens is 1. The van der Waals surface area contributed by atoms with Gasteiger partial charge in [0.1, 0.15) is 11.5 Å². The maximum absolute atomic E-state index is 13.3. The Bertz CT molecular complexity index is 598. The fourth-order valence-electron chi connectivity index (χ4n) is 2.02. The molecule has 4 N–H and O–H groups in total. The second-order valence-electron chi connectivity index (χ2n) is 4.35. The number of carboxylic acid groups (broad SMARTS) is 1. The molecule has 19 heavy (non-hydrogen) atoms. The van der Waals surface area contributed by atoms with Crippen molar-refractivity contribution < 1.29 is 14.3 Å². The molecule has 0 radical (unpaired) electrons. The normalized spacial score (nSPS) is 12.2. The zero-order chi connectivity index (χ0) is 13.3. The summed E-state index contributed by atoms with van der Waals surface area (Å²) in [5, 5.41) is 9.75. The molecule has 0 fully saturated rings. The Morgan fingerprint density at radius 3 is 2.79 bits per heavy atom. The van der Waals surface area contributed by atoms with E-state index >= 15 is 0 Å². The standard InChI is InChI=1S/C13H15FN2O2.ClH/c1-2-8(15)6-10-9-5-7(14)3-4-11(9)16-12(10)13(17)18;/h3-5,8,16H,2,6,15H2,1H3,(H,17,18);1H. The van der Waals surface area contributed by atoms with Crippen LogP contribution in [0.1, 0.15) is 29.4 Å². The molecule has 1 unspecified atom stereocenters. The molecule has 1 aromatic heterocycles. The van der Waals surface area contributed by atoms with E-state index in [0.717, 1.165) is 6.42 Å². The third-order valence-electron chi connectivity index (χ3n) is 3.07. The highest BCUT2D eigenvalue weighted by molar-refractivity contribution is 5.97. The molecular weight excluding hydrogens is 271 g/mol. The summed E-state index contributed by atoms with van der Waals surface area (Å²) in [5.74, 6) is -1.44. The van der Waals surface area contributed by atoms with Crippen molar-refractivity contribution in [3.8, 4) is 0 Å². The van der Waals surface area contributed by atoms with Crippen molar-refractivity contribution in [3.63, 3.8) is 0 Å². The quantitative estimate of drug-likeness (QED) is 0.808. The number of aromatic nitrogens is 1. The number of hydrogen-bond acceptors (Lipinski definition) is 2. The third kappa shape index (κ3) is 3.05. The van der Waals surface area contributed by atoms with E-state index in [1.165, 1.54) is 18.2 Å². The van der Waals surface area contributed by atoms with Gasteiger partial charge >= 0.3 is 5.97 Å². The topological polar surface area (TPSA) is 79.1 Å². The molecule has 1 aromatic carbocycles. The molecule has 104 valence electrons. The fraction of sp³-hybridized carbons (Fsp3) is 0.308. The van der Waals surface area contributed by atoms with Gasteiger partial charge in [-0.2, -0.15) is 0 Å². The van der Waals surface area contributed by atoms with E-state index in [1.807, 2.05) is 6.92 Å². The first-order valence-corrected chi connectivity index (χ1v) is 5.82. The molecule has 2 rings (SSSR count). The van der Waals surface area contributed by atoms with Crippen molar-refractivity contribution in [2.45, 2.75) is 25.8 Å². The van der Waals surface area contributed by atoms with Gasteiger partial charge in [-0.05, 0) is 36.6 Å². The molecule has 0 bridgehead atoms. The minimum Gasteiger partial charge on any atom is -0.477 e. The van der Waals surface area contributed by atoms with Gasteiger partial charge in [-0.25, -0.2) is 9.18 Å². The largest absolute Gasteiger partial charge is 0.477 e. The summed E-state index contributed by atoms with van der Waals surface area (Å²) in [7, 11) is 0. The maximum atomic E-state index is 13.3. The van der Waals surface area contributed by atoms with Crippen molar-refractivity contribution >= 4 is 29.3 Å². The summed E-state index contributed by atoms with van der Waals surface area (Å²) < 4.78 is 13.3. The van der Waals surface area contributed by atoms with Crippen molar-refractivity contribution in [1.82, 2.24) is 4.98 Å². The highest BCUT2D eigenvalue weighted by Gasteiger charge is 2.18. The van der Waals surface area contributed by atoms with Crippen molar-refractivity contribution in [3.05, 3.63) is 35.3 Å².